The number of carbonyl (C=O) groups excluding carboxylic acids is 1. The van der Waals surface area contributed by atoms with E-state index in [9.17, 15) is 4.79 Å². The number of rotatable bonds is 5. The van der Waals surface area contributed by atoms with Gasteiger partial charge in [0.2, 0.25) is 5.91 Å². The Morgan fingerprint density at radius 1 is 1.32 bits per heavy atom. The summed E-state index contributed by atoms with van der Waals surface area (Å²) in [7, 11) is 0. The van der Waals surface area contributed by atoms with Crippen molar-refractivity contribution in [2.24, 2.45) is 0 Å². The van der Waals surface area contributed by atoms with Crippen molar-refractivity contribution in [2.45, 2.75) is 25.3 Å². The van der Waals surface area contributed by atoms with Gasteiger partial charge in [0.25, 0.3) is 0 Å². The Labute approximate surface area is 127 Å². The van der Waals surface area contributed by atoms with E-state index in [1.807, 2.05) is 0 Å². The van der Waals surface area contributed by atoms with E-state index >= 15 is 0 Å². The van der Waals surface area contributed by atoms with E-state index in [-0.39, 0.29) is 36.8 Å². The van der Waals surface area contributed by atoms with Gasteiger partial charge in [-0.15, -0.1) is 24.8 Å². The lowest BCUT2D eigenvalue weighted by Gasteiger charge is -2.23. The molecule has 2 saturated heterocycles. The van der Waals surface area contributed by atoms with Crippen LogP contribution in [-0.2, 0) is 9.53 Å². The zero-order chi connectivity index (χ0) is 11.9. The van der Waals surface area contributed by atoms with E-state index in [0.29, 0.717) is 13.2 Å². The molecule has 0 aromatic heterocycles. The highest BCUT2D eigenvalue weighted by Crippen LogP contribution is 2.06. The summed E-state index contributed by atoms with van der Waals surface area (Å²) in [5.41, 5.74) is 0. The van der Waals surface area contributed by atoms with E-state index in [1.165, 1.54) is 25.9 Å². The van der Waals surface area contributed by atoms with Gasteiger partial charge in [0, 0.05) is 13.1 Å². The van der Waals surface area contributed by atoms with Crippen LogP contribution >= 0.6 is 24.8 Å². The zero-order valence-corrected chi connectivity index (χ0v) is 12.9. The monoisotopic (exact) mass is 313 g/mol. The topological polar surface area (TPSA) is 53.6 Å². The molecule has 0 bridgehead atoms. The van der Waals surface area contributed by atoms with Crippen molar-refractivity contribution < 1.29 is 9.53 Å². The molecule has 2 aliphatic heterocycles. The summed E-state index contributed by atoms with van der Waals surface area (Å²) in [4.78, 5) is 14.2. The molecule has 114 valence electrons. The highest BCUT2D eigenvalue weighted by molar-refractivity contribution is 5.85. The van der Waals surface area contributed by atoms with Crippen LogP contribution in [0.4, 0.5) is 0 Å². The van der Waals surface area contributed by atoms with E-state index < -0.39 is 0 Å². The average molecular weight is 314 g/mol. The fraction of sp³-hybridized carbons (Fsp3) is 0.917. The predicted molar refractivity (Wildman–Crippen MR) is 80.4 cm³/mol. The standard InChI is InChI=1S/C12H23N3O2.2ClH/c16-12(11-10-17-9-5-13-11)14-4-3-8-15-6-1-2-7-15;;/h11,13H,1-10H2,(H,14,16);2*1H. The van der Waals surface area contributed by atoms with Gasteiger partial charge in [-0.2, -0.15) is 0 Å². The molecule has 0 spiro atoms. The van der Waals surface area contributed by atoms with Crippen molar-refractivity contribution >= 4 is 30.7 Å². The maximum absolute atomic E-state index is 11.7. The first-order valence-electron chi connectivity index (χ1n) is 6.67. The Morgan fingerprint density at radius 3 is 2.68 bits per heavy atom. The molecule has 1 amide bonds. The first kappa shape index (κ1) is 18.9. The highest BCUT2D eigenvalue weighted by atomic mass is 35.5. The van der Waals surface area contributed by atoms with Crippen LogP contribution in [0, 0.1) is 0 Å². The molecule has 1 unspecified atom stereocenters. The summed E-state index contributed by atoms with van der Waals surface area (Å²) in [6.45, 7) is 6.31. The third-order valence-corrected chi connectivity index (χ3v) is 3.39. The molecule has 0 aromatic carbocycles. The molecule has 2 fully saturated rings. The average Bonchev–Trinajstić information content (AvgIpc) is 2.88. The molecule has 2 N–H and O–H groups in total. The van der Waals surface area contributed by atoms with E-state index in [0.717, 1.165) is 26.1 Å². The highest BCUT2D eigenvalue weighted by Gasteiger charge is 2.20. The molecule has 5 nitrogen and oxygen atoms in total. The summed E-state index contributed by atoms with van der Waals surface area (Å²) in [6, 6.07) is -0.157. The number of halogens is 2. The summed E-state index contributed by atoms with van der Waals surface area (Å²) >= 11 is 0. The Bertz CT molecular complexity index is 245. The third-order valence-electron chi connectivity index (χ3n) is 3.39. The molecule has 1 atom stereocenters. The van der Waals surface area contributed by atoms with Crippen LogP contribution in [0.5, 0.6) is 0 Å². The van der Waals surface area contributed by atoms with Gasteiger partial charge in [-0.1, -0.05) is 0 Å². The third kappa shape index (κ3) is 6.77. The zero-order valence-electron chi connectivity index (χ0n) is 11.2. The molecule has 0 saturated carbocycles. The van der Waals surface area contributed by atoms with Gasteiger partial charge in [-0.25, -0.2) is 0 Å². The molecule has 0 aliphatic carbocycles. The second-order valence-corrected chi connectivity index (χ2v) is 4.77. The number of carbonyl (C=O) groups is 1. The molecule has 0 radical (unpaired) electrons. The fourth-order valence-corrected chi connectivity index (χ4v) is 2.38. The molecular formula is C12H25Cl2N3O2. The summed E-state index contributed by atoms with van der Waals surface area (Å²) in [6.07, 6.45) is 3.70. The maximum atomic E-state index is 11.7. The van der Waals surface area contributed by atoms with Crippen LogP contribution in [0.25, 0.3) is 0 Å². The molecule has 2 rings (SSSR count). The minimum atomic E-state index is -0.157. The summed E-state index contributed by atoms with van der Waals surface area (Å²) < 4.78 is 5.26. The van der Waals surface area contributed by atoms with E-state index in [4.69, 9.17) is 4.74 Å². The van der Waals surface area contributed by atoms with Gasteiger partial charge < -0.3 is 20.3 Å². The normalized spacial score (nSPS) is 23.3. The van der Waals surface area contributed by atoms with Crippen molar-refractivity contribution in [1.82, 2.24) is 15.5 Å². The lowest BCUT2D eigenvalue weighted by Crippen LogP contribution is -2.51. The molecule has 19 heavy (non-hydrogen) atoms. The maximum Gasteiger partial charge on any atom is 0.239 e. The lowest BCUT2D eigenvalue weighted by atomic mass is 10.2. The van der Waals surface area contributed by atoms with Crippen LogP contribution in [0.3, 0.4) is 0 Å². The Hall–Kier alpha value is -0.0700. The number of amides is 1. The SMILES string of the molecule is Cl.Cl.O=C(NCCCN1CCCC1)C1COCCN1. The van der Waals surface area contributed by atoms with Crippen molar-refractivity contribution in [3.63, 3.8) is 0 Å². The number of morpholine rings is 1. The van der Waals surface area contributed by atoms with E-state index in [1.54, 1.807) is 0 Å². The van der Waals surface area contributed by atoms with E-state index in [2.05, 4.69) is 15.5 Å². The minimum Gasteiger partial charge on any atom is -0.378 e. The van der Waals surface area contributed by atoms with Crippen LogP contribution < -0.4 is 10.6 Å². The van der Waals surface area contributed by atoms with Gasteiger partial charge in [-0.05, 0) is 38.9 Å². The fourth-order valence-electron chi connectivity index (χ4n) is 2.38. The Morgan fingerprint density at radius 2 is 2.05 bits per heavy atom. The van der Waals surface area contributed by atoms with Gasteiger partial charge in [0.1, 0.15) is 6.04 Å². The predicted octanol–water partition coefficient (Wildman–Crippen LogP) is 0.421. The number of nitrogens with zero attached hydrogens (tertiary/aromatic N) is 1. The number of ether oxygens (including phenoxy) is 1. The number of hydrogen-bond acceptors (Lipinski definition) is 4. The number of likely N-dealkylation sites (tertiary alicyclic amines) is 1. The van der Waals surface area contributed by atoms with Crippen molar-refractivity contribution in [3.8, 4) is 0 Å². The smallest absolute Gasteiger partial charge is 0.239 e. The summed E-state index contributed by atoms with van der Waals surface area (Å²) in [5, 5.41) is 6.12. The van der Waals surface area contributed by atoms with Crippen molar-refractivity contribution in [3.05, 3.63) is 0 Å². The second kappa shape index (κ2) is 10.7. The van der Waals surface area contributed by atoms with Gasteiger partial charge in [0.15, 0.2) is 0 Å². The first-order chi connectivity index (χ1) is 8.36. The molecule has 2 aliphatic rings. The first-order valence-corrected chi connectivity index (χ1v) is 6.67. The van der Waals surface area contributed by atoms with Crippen molar-refractivity contribution in [2.75, 3.05) is 45.9 Å². The molecular weight excluding hydrogens is 289 g/mol. The molecule has 0 aromatic rings. The second-order valence-electron chi connectivity index (χ2n) is 4.77. The molecule has 2 heterocycles. The van der Waals surface area contributed by atoms with Gasteiger partial charge in [-0.3, -0.25) is 4.79 Å². The van der Waals surface area contributed by atoms with Crippen molar-refractivity contribution in [1.29, 1.82) is 0 Å². The van der Waals surface area contributed by atoms with Crippen LogP contribution in [-0.4, -0.2) is 62.8 Å². The Balaban J connectivity index is 0.00000162. The minimum absolute atomic E-state index is 0. The number of hydrogen-bond donors (Lipinski definition) is 2. The van der Waals surface area contributed by atoms with Crippen LogP contribution in [0.2, 0.25) is 0 Å². The molecule has 7 heteroatoms. The van der Waals surface area contributed by atoms with Crippen LogP contribution in [0.1, 0.15) is 19.3 Å². The summed E-state index contributed by atoms with van der Waals surface area (Å²) in [5.74, 6) is 0.0751. The lowest BCUT2D eigenvalue weighted by molar-refractivity contribution is -0.125. The van der Waals surface area contributed by atoms with Crippen LogP contribution in [0.15, 0.2) is 0 Å². The largest absolute Gasteiger partial charge is 0.378 e. The van der Waals surface area contributed by atoms with Gasteiger partial charge in [0.05, 0.1) is 13.2 Å². The quantitative estimate of drug-likeness (QED) is 0.722. The van der Waals surface area contributed by atoms with Gasteiger partial charge >= 0.3 is 0 Å². The number of nitrogens with one attached hydrogen (secondary N) is 2. The Kier molecular flexibility index (Phi) is 10.6.